The van der Waals surface area contributed by atoms with Crippen LogP contribution in [-0.2, 0) is 19.3 Å². The van der Waals surface area contributed by atoms with Gasteiger partial charge in [0.05, 0.1) is 0 Å². The van der Waals surface area contributed by atoms with Crippen LogP contribution < -0.4 is 0 Å². The first kappa shape index (κ1) is 13.0. The van der Waals surface area contributed by atoms with Gasteiger partial charge in [-0.25, -0.2) is 0 Å². The first-order valence-corrected chi connectivity index (χ1v) is 6.46. The fraction of sp³-hybridized carbons (Fsp3) is 0.286. The Bertz CT molecular complexity index is 383. The van der Waals surface area contributed by atoms with E-state index in [2.05, 4.69) is 29.1 Å². The fourth-order valence-electron chi connectivity index (χ4n) is 1.72. The van der Waals surface area contributed by atoms with Gasteiger partial charge in [-0.1, -0.05) is 40.2 Å². The van der Waals surface area contributed by atoms with Crippen molar-refractivity contribution in [1.82, 2.24) is 0 Å². The molecule has 2 heteroatoms. The Balaban J connectivity index is 3.14. The van der Waals surface area contributed by atoms with Crippen LogP contribution in [0.1, 0.15) is 16.7 Å². The third-order valence-corrected chi connectivity index (χ3v) is 2.83. The molecule has 0 atom stereocenters. The second kappa shape index (κ2) is 6.54. The van der Waals surface area contributed by atoms with E-state index in [1.54, 1.807) is 0 Å². The maximum absolute atomic E-state index is 10.0. The van der Waals surface area contributed by atoms with Gasteiger partial charge in [-0.2, -0.15) is 0 Å². The lowest BCUT2D eigenvalue weighted by atomic mass is 9.98. The Kier molecular flexibility index (Phi) is 5.33. The van der Waals surface area contributed by atoms with Crippen LogP contribution in [0.2, 0.25) is 0 Å². The summed E-state index contributed by atoms with van der Waals surface area (Å²) in [6, 6.07) is 4.07. The molecule has 0 bridgehead atoms. The van der Waals surface area contributed by atoms with Gasteiger partial charge in [-0.15, -0.1) is 13.2 Å². The van der Waals surface area contributed by atoms with E-state index in [4.69, 9.17) is 0 Å². The Morgan fingerprint density at radius 3 is 2.31 bits per heavy atom. The number of alkyl halides is 1. The first-order chi connectivity index (χ1) is 7.72. The molecular weight excluding hydrogens is 264 g/mol. The zero-order chi connectivity index (χ0) is 12.0. The summed E-state index contributed by atoms with van der Waals surface area (Å²) in [5.41, 5.74) is 3.14. The summed E-state index contributed by atoms with van der Waals surface area (Å²) >= 11 is 3.40. The number of aryl methyl sites for hydroxylation is 1. The molecule has 1 aromatic carbocycles. The predicted octanol–water partition coefficient (Wildman–Crippen LogP) is 3.79. The van der Waals surface area contributed by atoms with Gasteiger partial charge in [0.15, 0.2) is 0 Å². The van der Waals surface area contributed by atoms with E-state index in [1.165, 1.54) is 5.56 Å². The molecule has 0 aliphatic rings. The lowest BCUT2D eigenvalue weighted by Gasteiger charge is -2.10. The minimum Gasteiger partial charge on any atom is -0.507 e. The van der Waals surface area contributed by atoms with Crippen LogP contribution in [0.5, 0.6) is 5.75 Å². The second-order valence-corrected chi connectivity index (χ2v) is 4.48. The molecule has 1 aromatic rings. The number of phenols is 1. The molecule has 16 heavy (non-hydrogen) atoms. The summed E-state index contributed by atoms with van der Waals surface area (Å²) < 4.78 is 0. The maximum atomic E-state index is 10.0. The lowest BCUT2D eigenvalue weighted by Crippen LogP contribution is -1.95. The minimum absolute atomic E-state index is 0.409. The van der Waals surface area contributed by atoms with Crippen molar-refractivity contribution in [1.29, 1.82) is 0 Å². The summed E-state index contributed by atoms with van der Waals surface area (Å²) in [7, 11) is 0. The van der Waals surface area contributed by atoms with Gasteiger partial charge in [0, 0.05) is 5.33 Å². The largest absolute Gasteiger partial charge is 0.507 e. The lowest BCUT2D eigenvalue weighted by molar-refractivity contribution is 0.463. The van der Waals surface area contributed by atoms with Gasteiger partial charge in [-0.05, 0) is 36.0 Å². The molecule has 0 saturated heterocycles. The molecule has 0 radical (unpaired) electrons. The van der Waals surface area contributed by atoms with Gasteiger partial charge < -0.3 is 5.11 Å². The Hall–Kier alpha value is -1.02. The summed E-state index contributed by atoms with van der Waals surface area (Å²) in [4.78, 5) is 0. The highest BCUT2D eigenvalue weighted by molar-refractivity contribution is 9.09. The van der Waals surface area contributed by atoms with Gasteiger partial charge in [0.2, 0.25) is 0 Å². The maximum Gasteiger partial charge on any atom is 0.122 e. The number of aromatic hydroxyl groups is 1. The van der Waals surface area contributed by atoms with E-state index in [1.807, 2.05) is 24.3 Å². The van der Waals surface area contributed by atoms with Crippen LogP contribution in [-0.4, -0.2) is 10.4 Å². The Morgan fingerprint density at radius 1 is 1.12 bits per heavy atom. The van der Waals surface area contributed by atoms with E-state index in [0.29, 0.717) is 12.2 Å². The molecule has 0 unspecified atom stereocenters. The molecule has 0 saturated carbocycles. The zero-order valence-corrected chi connectivity index (χ0v) is 11.0. The topological polar surface area (TPSA) is 20.2 Å². The molecule has 86 valence electrons. The van der Waals surface area contributed by atoms with E-state index in [-0.39, 0.29) is 0 Å². The summed E-state index contributed by atoms with van der Waals surface area (Å²) in [6.45, 7) is 7.45. The summed E-state index contributed by atoms with van der Waals surface area (Å²) in [5, 5.41) is 10.9. The molecule has 0 amide bonds. The molecule has 1 nitrogen and oxygen atoms in total. The van der Waals surface area contributed by atoms with Crippen molar-refractivity contribution in [2.45, 2.75) is 19.3 Å². The molecule has 0 aromatic heterocycles. The monoisotopic (exact) mass is 280 g/mol. The number of halogens is 1. The molecule has 0 aliphatic carbocycles. The SMILES string of the molecule is C=CCc1cc(CC=C)c(O)c(CCBr)c1. The van der Waals surface area contributed by atoms with Crippen LogP contribution in [0.15, 0.2) is 37.4 Å². The summed E-state index contributed by atoms with van der Waals surface area (Å²) in [5.74, 6) is 0.409. The Morgan fingerprint density at radius 2 is 1.75 bits per heavy atom. The van der Waals surface area contributed by atoms with Gasteiger partial charge in [0.1, 0.15) is 5.75 Å². The van der Waals surface area contributed by atoms with E-state index < -0.39 is 0 Å². The molecular formula is C14H17BrO. The van der Waals surface area contributed by atoms with Crippen LogP contribution in [0.3, 0.4) is 0 Å². The summed E-state index contributed by atoms with van der Waals surface area (Å²) in [6.07, 6.45) is 6.05. The van der Waals surface area contributed by atoms with E-state index in [9.17, 15) is 5.11 Å². The number of rotatable bonds is 6. The van der Waals surface area contributed by atoms with Crippen molar-refractivity contribution in [2.24, 2.45) is 0 Å². The van der Waals surface area contributed by atoms with Crippen molar-refractivity contribution in [3.05, 3.63) is 54.1 Å². The highest BCUT2D eigenvalue weighted by Crippen LogP contribution is 2.26. The van der Waals surface area contributed by atoms with Crippen molar-refractivity contribution in [3.8, 4) is 5.75 Å². The van der Waals surface area contributed by atoms with Gasteiger partial charge in [-0.3, -0.25) is 0 Å². The molecule has 0 aliphatic heterocycles. The number of hydrogen-bond donors (Lipinski definition) is 1. The van der Waals surface area contributed by atoms with Crippen molar-refractivity contribution >= 4 is 15.9 Å². The van der Waals surface area contributed by atoms with Crippen molar-refractivity contribution in [2.75, 3.05) is 5.33 Å². The molecule has 1 rings (SSSR count). The third kappa shape index (κ3) is 3.24. The number of phenolic OH excluding ortho intramolecular Hbond substituents is 1. The number of hydrogen-bond acceptors (Lipinski definition) is 1. The predicted molar refractivity (Wildman–Crippen MR) is 73.4 cm³/mol. The van der Waals surface area contributed by atoms with Crippen molar-refractivity contribution in [3.63, 3.8) is 0 Å². The van der Waals surface area contributed by atoms with Crippen molar-refractivity contribution < 1.29 is 5.11 Å². The normalized spacial score (nSPS) is 10.1. The molecule has 1 N–H and O–H groups in total. The average molecular weight is 281 g/mol. The highest BCUT2D eigenvalue weighted by atomic mass is 79.9. The second-order valence-electron chi connectivity index (χ2n) is 3.69. The third-order valence-electron chi connectivity index (χ3n) is 2.44. The number of allylic oxidation sites excluding steroid dienone is 2. The van der Waals surface area contributed by atoms with Crippen LogP contribution in [0.25, 0.3) is 0 Å². The molecule has 0 spiro atoms. The fourth-order valence-corrected chi connectivity index (χ4v) is 2.15. The highest BCUT2D eigenvalue weighted by Gasteiger charge is 2.08. The van der Waals surface area contributed by atoms with Crippen LogP contribution in [0.4, 0.5) is 0 Å². The first-order valence-electron chi connectivity index (χ1n) is 5.34. The molecule has 0 heterocycles. The van der Waals surface area contributed by atoms with E-state index in [0.717, 1.165) is 29.3 Å². The smallest absolute Gasteiger partial charge is 0.122 e. The minimum atomic E-state index is 0.409. The average Bonchev–Trinajstić information content (AvgIpc) is 2.26. The van der Waals surface area contributed by atoms with Gasteiger partial charge in [0.25, 0.3) is 0 Å². The van der Waals surface area contributed by atoms with E-state index >= 15 is 0 Å². The zero-order valence-electron chi connectivity index (χ0n) is 9.38. The molecule has 0 fully saturated rings. The standard InChI is InChI=1S/C14H17BrO/c1-3-5-11-9-12(6-4-2)14(16)13(10-11)7-8-15/h3-4,9-10,16H,1-2,5-8H2. The number of benzene rings is 1. The van der Waals surface area contributed by atoms with Gasteiger partial charge >= 0.3 is 0 Å². The van der Waals surface area contributed by atoms with Crippen LogP contribution in [0, 0.1) is 0 Å². The quantitative estimate of drug-likeness (QED) is 0.621. The Labute approximate surface area is 106 Å². The van der Waals surface area contributed by atoms with Crippen LogP contribution >= 0.6 is 15.9 Å².